The summed E-state index contributed by atoms with van der Waals surface area (Å²) in [7, 11) is 0. The van der Waals surface area contributed by atoms with Gasteiger partial charge in [0.2, 0.25) is 17.5 Å². The van der Waals surface area contributed by atoms with Crippen LogP contribution in [0, 0.1) is 0 Å². The molecule has 0 radical (unpaired) electrons. The van der Waals surface area contributed by atoms with Crippen LogP contribution < -0.4 is 0 Å². The molecular weight excluding hydrogens is 468 g/mol. The van der Waals surface area contributed by atoms with Crippen LogP contribution in [0.15, 0.2) is 71.9 Å². The van der Waals surface area contributed by atoms with E-state index in [-0.39, 0.29) is 12.5 Å². The summed E-state index contributed by atoms with van der Waals surface area (Å²) in [5, 5.41) is 15.7. The van der Waals surface area contributed by atoms with E-state index in [1.165, 1.54) is 11.8 Å². The van der Waals surface area contributed by atoms with Gasteiger partial charge in [-0.2, -0.15) is 32.6 Å². The summed E-state index contributed by atoms with van der Waals surface area (Å²) in [5.41, 5.74) is 2.22. The molecule has 0 atom stereocenters. The smallest absolute Gasteiger partial charge is 0.339 e. The van der Waals surface area contributed by atoms with E-state index in [0.29, 0.717) is 28.9 Å². The van der Waals surface area contributed by atoms with E-state index < -0.39 is 5.97 Å². The quantitative estimate of drug-likeness (QED) is 0.208. The Morgan fingerprint density at radius 1 is 0.906 bits per heavy atom. The summed E-state index contributed by atoms with van der Waals surface area (Å²) >= 11 is 4.53. The molecule has 0 saturated heterocycles. The third-order valence-corrected chi connectivity index (χ3v) is 6.70. The predicted octanol–water partition coefficient (Wildman–Crippen LogP) is 5.56. The highest BCUT2D eigenvalue weighted by Gasteiger charge is 2.17. The van der Waals surface area contributed by atoms with Gasteiger partial charge in [-0.25, -0.2) is 4.79 Å². The lowest BCUT2D eigenvalue weighted by atomic mass is 10.2. The number of thiophene rings is 2. The molecule has 0 unspecified atom stereocenters. The van der Waals surface area contributed by atoms with E-state index in [4.69, 9.17) is 13.8 Å². The number of thioether (sulfide) groups is 1. The van der Waals surface area contributed by atoms with E-state index in [2.05, 4.69) is 20.3 Å². The third-order valence-electron chi connectivity index (χ3n) is 4.28. The van der Waals surface area contributed by atoms with Crippen LogP contribution in [0.1, 0.15) is 22.1 Å². The van der Waals surface area contributed by atoms with Crippen molar-refractivity contribution in [2.75, 3.05) is 0 Å². The maximum atomic E-state index is 12.7. The lowest BCUT2D eigenvalue weighted by Crippen LogP contribution is -2.07. The number of carbonyl (C=O) groups is 1. The van der Waals surface area contributed by atoms with Crippen molar-refractivity contribution >= 4 is 40.4 Å². The van der Waals surface area contributed by atoms with Gasteiger partial charge in [0.05, 0.1) is 11.3 Å². The van der Waals surface area contributed by atoms with Gasteiger partial charge in [-0.3, -0.25) is 0 Å². The number of esters is 1. The number of rotatable bonds is 8. The second-order valence-corrected chi connectivity index (χ2v) is 8.99. The molecule has 0 N–H and O–H groups in total. The maximum Gasteiger partial charge on any atom is 0.339 e. The van der Waals surface area contributed by atoms with Gasteiger partial charge in [0.15, 0.2) is 6.61 Å². The van der Waals surface area contributed by atoms with Gasteiger partial charge in [-0.05, 0) is 35.0 Å². The highest BCUT2D eigenvalue weighted by atomic mass is 32.2. The number of ether oxygens (including phenoxy) is 1. The van der Waals surface area contributed by atoms with Gasteiger partial charge in [-0.15, -0.1) is 11.8 Å². The van der Waals surface area contributed by atoms with Crippen molar-refractivity contribution in [1.82, 2.24) is 20.3 Å². The van der Waals surface area contributed by atoms with Crippen LogP contribution in [0.2, 0.25) is 0 Å². The molecule has 0 saturated carbocycles. The summed E-state index contributed by atoms with van der Waals surface area (Å²) in [4.78, 5) is 22.1. The fourth-order valence-electron chi connectivity index (χ4n) is 2.75. The molecule has 1 aromatic carbocycles. The molecule has 0 bridgehead atoms. The average Bonchev–Trinajstić information content (AvgIpc) is 3.63. The van der Waals surface area contributed by atoms with Crippen molar-refractivity contribution in [2.24, 2.45) is 0 Å². The first-order valence-electron chi connectivity index (χ1n) is 9.35. The summed E-state index contributed by atoms with van der Waals surface area (Å²) in [6.45, 7) is -0.108. The second-order valence-electron chi connectivity index (χ2n) is 6.41. The number of hydrogen-bond donors (Lipinski definition) is 0. The van der Waals surface area contributed by atoms with E-state index in [0.717, 1.165) is 16.0 Å². The Morgan fingerprint density at radius 2 is 1.56 bits per heavy atom. The molecule has 0 aliphatic heterocycles. The molecule has 160 valence electrons. The Morgan fingerprint density at radius 3 is 2.25 bits per heavy atom. The maximum absolute atomic E-state index is 12.7. The van der Waals surface area contributed by atoms with Gasteiger partial charge in [0.1, 0.15) is 0 Å². The zero-order valence-electron chi connectivity index (χ0n) is 16.3. The molecule has 11 heteroatoms. The lowest BCUT2D eigenvalue weighted by Gasteiger charge is -2.07. The van der Waals surface area contributed by atoms with Gasteiger partial charge in [0.25, 0.3) is 5.89 Å². The van der Waals surface area contributed by atoms with Crippen LogP contribution in [-0.4, -0.2) is 26.3 Å². The standard InChI is InChI=1S/C21H14N4O4S3/c26-21(27-9-17-22-19(24-28-17)13-5-7-30-10-13)15-3-1-2-4-16(15)32-12-18-23-20(25-29-18)14-6-8-31-11-14/h1-8,10-11H,9,12H2. The SMILES string of the molecule is O=C(OCc1nc(-c2ccsc2)no1)c1ccccc1SCc1nc(-c2ccsc2)no1. The molecule has 0 aliphatic carbocycles. The van der Waals surface area contributed by atoms with Crippen LogP contribution in [0.25, 0.3) is 22.8 Å². The monoisotopic (exact) mass is 482 g/mol. The fraction of sp³-hybridized carbons (Fsp3) is 0.0952. The van der Waals surface area contributed by atoms with Crippen LogP contribution in [0.4, 0.5) is 0 Å². The van der Waals surface area contributed by atoms with E-state index in [1.54, 1.807) is 34.8 Å². The molecule has 0 fully saturated rings. The van der Waals surface area contributed by atoms with Crippen molar-refractivity contribution in [2.45, 2.75) is 17.3 Å². The molecule has 5 aromatic rings. The fourth-order valence-corrected chi connectivity index (χ4v) is 4.90. The number of nitrogens with zero attached hydrogens (tertiary/aromatic N) is 4. The van der Waals surface area contributed by atoms with E-state index >= 15 is 0 Å². The van der Waals surface area contributed by atoms with Crippen LogP contribution in [0.3, 0.4) is 0 Å². The van der Waals surface area contributed by atoms with Crippen LogP contribution in [-0.2, 0) is 17.1 Å². The molecule has 4 heterocycles. The Labute approximate surface area is 194 Å². The molecule has 8 nitrogen and oxygen atoms in total. The van der Waals surface area contributed by atoms with E-state index in [1.807, 2.05) is 45.8 Å². The van der Waals surface area contributed by atoms with Crippen LogP contribution >= 0.6 is 34.4 Å². The van der Waals surface area contributed by atoms with Gasteiger partial charge >= 0.3 is 5.97 Å². The van der Waals surface area contributed by atoms with Gasteiger partial charge in [0, 0.05) is 26.8 Å². The Balaban J connectivity index is 1.22. The molecule has 32 heavy (non-hydrogen) atoms. The molecule has 0 amide bonds. The predicted molar refractivity (Wildman–Crippen MR) is 120 cm³/mol. The Kier molecular flexibility index (Phi) is 6.10. The molecular formula is C21H14N4O4S3. The van der Waals surface area contributed by atoms with Crippen LogP contribution in [0.5, 0.6) is 0 Å². The highest BCUT2D eigenvalue weighted by Crippen LogP contribution is 2.28. The van der Waals surface area contributed by atoms with Crippen molar-refractivity contribution in [3.63, 3.8) is 0 Å². The highest BCUT2D eigenvalue weighted by molar-refractivity contribution is 7.98. The zero-order valence-corrected chi connectivity index (χ0v) is 18.8. The minimum Gasteiger partial charge on any atom is -0.452 e. The number of carbonyl (C=O) groups excluding carboxylic acids is 1. The largest absolute Gasteiger partial charge is 0.452 e. The number of benzene rings is 1. The van der Waals surface area contributed by atoms with E-state index in [9.17, 15) is 4.79 Å². The molecule has 5 rings (SSSR count). The molecule has 4 aromatic heterocycles. The Bertz CT molecular complexity index is 1310. The molecule has 0 aliphatic rings. The van der Waals surface area contributed by atoms with Crippen molar-refractivity contribution in [3.8, 4) is 22.8 Å². The normalized spacial score (nSPS) is 11.0. The number of aromatic nitrogens is 4. The minimum atomic E-state index is -0.479. The van der Waals surface area contributed by atoms with Crippen molar-refractivity contribution in [3.05, 3.63) is 75.3 Å². The first-order chi connectivity index (χ1) is 15.8. The Hall–Kier alpha value is -3.28. The third kappa shape index (κ3) is 4.64. The summed E-state index contributed by atoms with van der Waals surface area (Å²) in [6, 6.07) is 11.0. The second kappa shape index (κ2) is 9.47. The van der Waals surface area contributed by atoms with Gasteiger partial charge < -0.3 is 13.8 Å². The lowest BCUT2D eigenvalue weighted by molar-refractivity contribution is 0.0425. The average molecular weight is 483 g/mol. The number of hydrogen-bond acceptors (Lipinski definition) is 11. The van der Waals surface area contributed by atoms with Crippen molar-refractivity contribution in [1.29, 1.82) is 0 Å². The first kappa shape index (κ1) is 20.6. The summed E-state index contributed by atoms with van der Waals surface area (Å²) < 4.78 is 15.9. The first-order valence-corrected chi connectivity index (χ1v) is 12.2. The zero-order chi connectivity index (χ0) is 21.8. The van der Waals surface area contributed by atoms with Crippen molar-refractivity contribution < 1.29 is 18.6 Å². The summed E-state index contributed by atoms with van der Waals surface area (Å²) in [5.74, 6) is 1.68. The topological polar surface area (TPSA) is 104 Å². The molecule has 0 spiro atoms. The minimum absolute atomic E-state index is 0.108. The van der Waals surface area contributed by atoms with Gasteiger partial charge in [-0.1, -0.05) is 22.4 Å². The summed E-state index contributed by atoms with van der Waals surface area (Å²) in [6.07, 6.45) is 0.